The largest absolute Gasteiger partial charge is 0.351 e. The summed E-state index contributed by atoms with van der Waals surface area (Å²) >= 11 is 5.67. The van der Waals surface area contributed by atoms with Gasteiger partial charge in [-0.25, -0.2) is 9.97 Å². The Hall–Kier alpha value is -0.940. The first kappa shape index (κ1) is 10.6. The van der Waals surface area contributed by atoms with Crippen molar-refractivity contribution in [3.63, 3.8) is 0 Å². The molecule has 1 aliphatic rings. The Kier molecular flexibility index (Phi) is 3.02. The lowest BCUT2D eigenvalue weighted by atomic mass is 10.3. The number of hydrogen-bond acceptors (Lipinski definition) is 4. The molecule has 6 heteroatoms. The molecule has 1 aromatic rings. The predicted molar refractivity (Wildman–Crippen MR) is 56.8 cm³/mol. The molecule has 0 aliphatic carbocycles. The Morgan fingerprint density at radius 1 is 1.33 bits per heavy atom. The van der Waals surface area contributed by atoms with Crippen LogP contribution in [-0.4, -0.2) is 36.1 Å². The summed E-state index contributed by atoms with van der Waals surface area (Å²) in [6.45, 7) is 4.85. The van der Waals surface area contributed by atoms with Gasteiger partial charge in [-0.2, -0.15) is 4.39 Å². The summed E-state index contributed by atoms with van der Waals surface area (Å²) in [5, 5.41) is 3.09. The summed E-state index contributed by atoms with van der Waals surface area (Å²) in [7, 11) is 0. The second-order valence-electron chi connectivity index (χ2n) is 3.44. The van der Waals surface area contributed by atoms with Gasteiger partial charge in [0.25, 0.3) is 0 Å². The van der Waals surface area contributed by atoms with Crippen LogP contribution in [0.25, 0.3) is 0 Å². The number of rotatable bonds is 1. The first-order valence-corrected chi connectivity index (χ1v) is 5.21. The van der Waals surface area contributed by atoms with Gasteiger partial charge in [0.15, 0.2) is 11.0 Å². The van der Waals surface area contributed by atoms with Crippen LogP contribution in [0.2, 0.25) is 5.15 Å². The smallest absolute Gasteiger partial charge is 0.202 e. The third-order valence-corrected chi connectivity index (χ3v) is 2.57. The van der Waals surface area contributed by atoms with Crippen LogP contribution in [0.3, 0.4) is 0 Å². The van der Waals surface area contributed by atoms with E-state index < -0.39 is 5.82 Å². The lowest BCUT2D eigenvalue weighted by molar-refractivity contribution is 0.554. The van der Waals surface area contributed by atoms with Gasteiger partial charge in [-0.1, -0.05) is 11.6 Å². The standard InChI is InChI=1S/C9H12ClFN4/c1-6-13-8(10)7(11)9(14-6)15-4-2-12-3-5-15/h12H,2-5H2,1H3. The van der Waals surface area contributed by atoms with E-state index in [-0.39, 0.29) is 5.15 Å². The van der Waals surface area contributed by atoms with Crippen molar-refractivity contribution in [2.24, 2.45) is 0 Å². The van der Waals surface area contributed by atoms with E-state index in [1.54, 1.807) is 6.92 Å². The van der Waals surface area contributed by atoms with Crippen molar-refractivity contribution < 1.29 is 4.39 Å². The lowest BCUT2D eigenvalue weighted by Gasteiger charge is -2.28. The van der Waals surface area contributed by atoms with Gasteiger partial charge in [0, 0.05) is 26.2 Å². The number of nitrogens with one attached hydrogen (secondary N) is 1. The van der Waals surface area contributed by atoms with E-state index in [9.17, 15) is 4.39 Å². The second kappa shape index (κ2) is 4.28. The van der Waals surface area contributed by atoms with Crippen molar-refractivity contribution in [2.75, 3.05) is 31.1 Å². The summed E-state index contributed by atoms with van der Waals surface area (Å²) in [6.07, 6.45) is 0. The van der Waals surface area contributed by atoms with E-state index in [1.165, 1.54) is 0 Å². The third kappa shape index (κ3) is 2.18. The molecule has 0 spiro atoms. The Morgan fingerprint density at radius 3 is 2.67 bits per heavy atom. The highest BCUT2D eigenvalue weighted by Crippen LogP contribution is 2.22. The van der Waals surface area contributed by atoms with E-state index >= 15 is 0 Å². The monoisotopic (exact) mass is 230 g/mol. The molecular formula is C9H12ClFN4. The molecule has 0 bridgehead atoms. The van der Waals surface area contributed by atoms with Gasteiger partial charge in [0.1, 0.15) is 5.82 Å². The molecule has 2 rings (SSSR count). The normalized spacial score (nSPS) is 16.9. The highest BCUT2D eigenvalue weighted by atomic mass is 35.5. The molecule has 15 heavy (non-hydrogen) atoms. The molecule has 0 atom stereocenters. The molecule has 0 radical (unpaired) electrons. The van der Waals surface area contributed by atoms with Crippen molar-refractivity contribution in [2.45, 2.75) is 6.92 Å². The highest BCUT2D eigenvalue weighted by Gasteiger charge is 2.19. The zero-order valence-corrected chi connectivity index (χ0v) is 9.18. The van der Waals surface area contributed by atoms with Gasteiger partial charge in [-0.05, 0) is 6.92 Å². The van der Waals surface area contributed by atoms with E-state index in [1.807, 2.05) is 4.90 Å². The fraction of sp³-hybridized carbons (Fsp3) is 0.556. The number of halogens is 2. The first-order chi connectivity index (χ1) is 7.18. The van der Waals surface area contributed by atoms with Crippen molar-refractivity contribution in [1.82, 2.24) is 15.3 Å². The maximum absolute atomic E-state index is 13.6. The Morgan fingerprint density at radius 2 is 2.00 bits per heavy atom. The van der Waals surface area contributed by atoms with E-state index in [0.29, 0.717) is 11.6 Å². The van der Waals surface area contributed by atoms with E-state index in [2.05, 4.69) is 15.3 Å². The molecule has 0 unspecified atom stereocenters. The molecule has 0 saturated carbocycles. The zero-order chi connectivity index (χ0) is 10.8. The number of anilines is 1. The number of piperazine rings is 1. The van der Waals surface area contributed by atoms with Crippen molar-refractivity contribution in [3.05, 3.63) is 16.8 Å². The van der Waals surface area contributed by atoms with Crippen LogP contribution in [-0.2, 0) is 0 Å². The van der Waals surface area contributed by atoms with E-state index in [4.69, 9.17) is 11.6 Å². The van der Waals surface area contributed by atoms with Crippen LogP contribution in [0.4, 0.5) is 10.2 Å². The fourth-order valence-electron chi connectivity index (χ4n) is 1.60. The average Bonchev–Trinajstić information content (AvgIpc) is 2.24. The Balaban J connectivity index is 2.33. The van der Waals surface area contributed by atoms with Gasteiger partial charge < -0.3 is 10.2 Å². The maximum Gasteiger partial charge on any atom is 0.202 e. The SMILES string of the molecule is Cc1nc(Cl)c(F)c(N2CCNCC2)n1. The first-order valence-electron chi connectivity index (χ1n) is 4.84. The van der Waals surface area contributed by atoms with Gasteiger partial charge in [-0.15, -0.1) is 0 Å². The second-order valence-corrected chi connectivity index (χ2v) is 3.79. The number of aromatic nitrogens is 2. The highest BCUT2D eigenvalue weighted by molar-refractivity contribution is 6.29. The van der Waals surface area contributed by atoms with Crippen molar-refractivity contribution in [3.8, 4) is 0 Å². The Labute approximate surface area is 92.5 Å². The summed E-state index contributed by atoms with van der Waals surface area (Å²) in [5.74, 6) is 0.285. The summed E-state index contributed by atoms with van der Waals surface area (Å²) < 4.78 is 13.6. The van der Waals surface area contributed by atoms with Crippen LogP contribution in [0.5, 0.6) is 0 Å². The quantitative estimate of drug-likeness (QED) is 0.731. The lowest BCUT2D eigenvalue weighted by Crippen LogP contribution is -2.44. The average molecular weight is 231 g/mol. The molecule has 1 N–H and O–H groups in total. The molecule has 0 aromatic carbocycles. The topological polar surface area (TPSA) is 41.1 Å². The Bertz CT molecular complexity index is 365. The molecular weight excluding hydrogens is 219 g/mol. The summed E-state index contributed by atoms with van der Waals surface area (Å²) in [5.41, 5.74) is 0. The van der Waals surface area contributed by atoms with E-state index in [0.717, 1.165) is 26.2 Å². The molecule has 82 valence electrons. The van der Waals surface area contributed by atoms with Crippen LogP contribution < -0.4 is 10.2 Å². The minimum atomic E-state index is -0.524. The molecule has 1 aromatic heterocycles. The van der Waals surface area contributed by atoms with Gasteiger partial charge in [-0.3, -0.25) is 0 Å². The molecule has 4 nitrogen and oxygen atoms in total. The van der Waals surface area contributed by atoms with Gasteiger partial charge >= 0.3 is 0 Å². The molecule has 0 amide bonds. The van der Waals surface area contributed by atoms with Crippen LogP contribution >= 0.6 is 11.6 Å². The molecule has 1 fully saturated rings. The molecule has 1 saturated heterocycles. The number of nitrogens with zero attached hydrogens (tertiary/aromatic N) is 3. The zero-order valence-electron chi connectivity index (χ0n) is 8.43. The number of hydrogen-bond donors (Lipinski definition) is 1. The molecule has 2 heterocycles. The van der Waals surface area contributed by atoms with Gasteiger partial charge in [0.2, 0.25) is 5.82 Å². The van der Waals surface area contributed by atoms with Crippen molar-refractivity contribution in [1.29, 1.82) is 0 Å². The third-order valence-electron chi connectivity index (χ3n) is 2.32. The minimum absolute atomic E-state index is 0.101. The minimum Gasteiger partial charge on any atom is -0.351 e. The fourth-order valence-corrected chi connectivity index (χ4v) is 1.80. The summed E-state index contributed by atoms with van der Waals surface area (Å²) in [4.78, 5) is 9.73. The molecule has 1 aliphatic heterocycles. The summed E-state index contributed by atoms with van der Waals surface area (Å²) in [6, 6.07) is 0. The maximum atomic E-state index is 13.6. The van der Waals surface area contributed by atoms with Crippen molar-refractivity contribution >= 4 is 17.4 Å². The predicted octanol–water partition coefficient (Wildman–Crippen LogP) is 0.987. The van der Waals surface area contributed by atoms with Crippen LogP contribution in [0, 0.1) is 12.7 Å². The van der Waals surface area contributed by atoms with Crippen LogP contribution in [0.1, 0.15) is 5.82 Å². The van der Waals surface area contributed by atoms with Crippen LogP contribution in [0.15, 0.2) is 0 Å². The number of aryl methyl sites for hydroxylation is 1. The van der Waals surface area contributed by atoms with Gasteiger partial charge in [0.05, 0.1) is 0 Å².